The van der Waals surface area contributed by atoms with Crippen molar-refractivity contribution in [3.63, 3.8) is 0 Å². The molecular weight excluding hydrogens is 276 g/mol. The topological polar surface area (TPSA) is 34.1 Å². The molecule has 2 rings (SSSR count). The third kappa shape index (κ3) is 2.39. The quantitative estimate of drug-likeness (QED) is 0.840. The van der Waals surface area contributed by atoms with E-state index in [2.05, 4.69) is 0 Å². The molecule has 0 N–H and O–H groups in total. The van der Waals surface area contributed by atoms with Crippen LogP contribution in [0.4, 0.5) is 0 Å². The van der Waals surface area contributed by atoms with Crippen LogP contribution in [-0.2, 0) is 9.84 Å². The van der Waals surface area contributed by atoms with Crippen molar-refractivity contribution in [3.8, 4) is 0 Å². The average molecular weight is 287 g/mol. The zero-order chi connectivity index (χ0) is 12.6. The van der Waals surface area contributed by atoms with Gasteiger partial charge in [0.05, 0.1) is 4.90 Å². The summed E-state index contributed by atoms with van der Waals surface area (Å²) in [7, 11) is -3.40. The van der Waals surface area contributed by atoms with Gasteiger partial charge in [0.25, 0.3) is 0 Å². The second kappa shape index (κ2) is 4.44. The maximum absolute atomic E-state index is 12.3. The largest absolute Gasteiger partial charge is 0.218 e. The SMILES string of the molecule is Cc1cc(S(=O)(=O)c2ccc(Cl)cc2)sc1C. The van der Waals surface area contributed by atoms with Gasteiger partial charge in [0.2, 0.25) is 9.84 Å². The lowest BCUT2D eigenvalue weighted by Crippen LogP contribution is -1.98. The van der Waals surface area contributed by atoms with E-state index in [1.807, 2.05) is 13.8 Å². The molecule has 1 aromatic heterocycles. The minimum atomic E-state index is -3.40. The van der Waals surface area contributed by atoms with E-state index in [-0.39, 0.29) is 4.90 Å². The molecule has 0 aliphatic heterocycles. The summed E-state index contributed by atoms with van der Waals surface area (Å²) in [5.74, 6) is 0. The lowest BCUT2D eigenvalue weighted by atomic mass is 10.3. The Hall–Kier alpha value is -0.840. The van der Waals surface area contributed by atoms with Gasteiger partial charge in [0.1, 0.15) is 4.21 Å². The summed E-state index contributed by atoms with van der Waals surface area (Å²) in [5, 5.41) is 0.530. The van der Waals surface area contributed by atoms with Gasteiger partial charge in [0, 0.05) is 9.90 Å². The van der Waals surface area contributed by atoms with Crippen LogP contribution in [0.1, 0.15) is 10.4 Å². The molecule has 0 aliphatic carbocycles. The zero-order valence-electron chi connectivity index (χ0n) is 9.40. The van der Waals surface area contributed by atoms with Crippen LogP contribution in [0.2, 0.25) is 5.02 Å². The maximum atomic E-state index is 12.3. The van der Waals surface area contributed by atoms with Gasteiger partial charge < -0.3 is 0 Å². The molecule has 5 heteroatoms. The van der Waals surface area contributed by atoms with Gasteiger partial charge in [0.15, 0.2) is 0 Å². The van der Waals surface area contributed by atoms with E-state index in [9.17, 15) is 8.42 Å². The van der Waals surface area contributed by atoms with Crippen LogP contribution < -0.4 is 0 Å². The molecule has 90 valence electrons. The standard InChI is InChI=1S/C12H11ClO2S2/c1-8-7-12(16-9(8)2)17(14,15)11-5-3-10(13)4-6-11/h3-7H,1-2H3. The number of hydrogen-bond acceptors (Lipinski definition) is 3. The number of hydrogen-bond donors (Lipinski definition) is 0. The summed E-state index contributed by atoms with van der Waals surface area (Å²) in [4.78, 5) is 1.31. The van der Waals surface area contributed by atoms with Gasteiger partial charge in [-0.1, -0.05) is 11.6 Å². The lowest BCUT2D eigenvalue weighted by molar-refractivity contribution is 0.598. The minimum Gasteiger partial charge on any atom is -0.218 e. The first-order valence-electron chi connectivity index (χ1n) is 4.99. The third-order valence-electron chi connectivity index (χ3n) is 2.53. The van der Waals surface area contributed by atoms with Crippen LogP contribution in [0, 0.1) is 13.8 Å². The van der Waals surface area contributed by atoms with Crippen molar-refractivity contribution in [2.75, 3.05) is 0 Å². The van der Waals surface area contributed by atoms with Gasteiger partial charge in [-0.05, 0) is 49.7 Å². The van der Waals surface area contributed by atoms with Crippen molar-refractivity contribution in [2.45, 2.75) is 23.0 Å². The molecule has 0 amide bonds. The molecule has 0 unspecified atom stereocenters. The molecule has 2 nitrogen and oxygen atoms in total. The normalized spacial score (nSPS) is 11.7. The number of benzene rings is 1. The second-order valence-corrected chi connectivity index (χ2v) is 7.63. The predicted octanol–water partition coefficient (Wildman–Crippen LogP) is 3.85. The van der Waals surface area contributed by atoms with Gasteiger partial charge in [-0.15, -0.1) is 11.3 Å². The maximum Gasteiger partial charge on any atom is 0.215 e. The Bertz CT molecular complexity index is 620. The molecule has 1 aromatic carbocycles. The van der Waals surface area contributed by atoms with Crippen molar-refractivity contribution in [1.29, 1.82) is 0 Å². The number of aryl methyl sites for hydroxylation is 2. The second-order valence-electron chi connectivity index (χ2n) is 3.76. The van der Waals surface area contributed by atoms with Gasteiger partial charge in [-0.2, -0.15) is 0 Å². The highest BCUT2D eigenvalue weighted by Gasteiger charge is 2.20. The van der Waals surface area contributed by atoms with Crippen LogP contribution in [-0.4, -0.2) is 8.42 Å². The molecule has 0 aliphatic rings. The molecular formula is C12H11ClO2S2. The van der Waals surface area contributed by atoms with Crippen LogP contribution in [0.15, 0.2) is 39.4 Å². The van der Waals surface area contributed by atoms with Crippen molar-refractivity contribution < 1.29 is 8.42 Å². The number of sulfone groups is 1. The summed E-state index contributed by atoms with van der Waals surface area (Å²) < 4.78 is 24.9. The van der Waals surface area contributed by atoms with Crippen molar-refractivity contribution >= 4 is 32.8 Å². The number of rotatable bonds is 2. The van der Waals surface area contributed by atoms with Crippen LogP contribution in [0.25, 0.3) is 0 Å². The van der Waals surface area contributed by atoms with E-state index in [4.69, 9.17) is 11.6 Å². The molecule has 0 atom stereocenters. The van der Waals surface area contributed by atoms with Crippen LogP contribution in [0.3, 0.4) is 0 Å². The highest BCUT2D eigenvalue weighted by molar-refractivity contribution is 7.93. The van der Waals surface area contributed by atoms with Crippen LogP contribution >= 0.6 is 22.9 Å². The summed E-state index contributed by atoms with van der Waals surface area (Å²) in [6, 6.07) is 7.94. The molecule has 0 saturated heterocycles. The van der Waals surface area contributed by atoms with E-state index in [1.165, 1.54) is 23.5 Å². The van der Waals surface area contributed by atoms with E-state index < -0.39 is 9.84 Å². The molecule has 0 spiro atoms. The summed E-state index contributed by atoms with van der Waals surface area (Å²) in [6.07, 6.45) is 0. The molecule has 2 aromatic rings. The Morgan fingerprint density at radius 3 is 2.18 bits per heavy atom. The first-order valence-corrected chi connectivity index (χ1v) is 7.67. The molecule has 0 fully saturated rings. The van der Waals surface area contributed by atoms with E-state index in [0.29, 0.717) is 9.23 Å². The zero-order valence-corrected chi connectivity index (χ0v) is 11.8. The Labute approximate surface area is 110 Å². The fraction of sp³-hybridized carbons (Fsp3) is 0.167. The Morgan fingerprint density at radius 2 is 1.71 bits per heavy atom. The lowest BCUT2D eigenvalue weighted by Gasteiger charge is -2.01. The first-order chi connectivity index (χ1) is 7.91. The van der Waals surface area contributed by atoms with Crippen molar-refractivity contribution in [3.05, 3.63) is 45.8 Å². The number of halogens is 1. The first kappa shape index (κ1) is 12.6. The smallest absolute Gasteiger partial charge is 0.215 e. The highest BCUT2D eigenvalue weighted by Crippen LogP contribution is 2.30. The van der Waals surface area contributed by atoms with E-state index in [1.54, 1.807) is 18.2 Å². The highest BCUT2D eigenvalue weighted by atomic mass is 35.5. The molecule has 17 heavy (non-hydrogen) atoms. The Balaban J connectivity index is 2.53. The van der Waals surface area contributed by atoms with Crippen molar-refractivity contribution in [2.24, 2.45) is 0 Å². The third-order valence-corrected chi connectivity index (χ3v) is 6.18. The van der Waals surface area contributed by atoms with Gasteiger partial charge in [-0.3, -0.25) is 0 Å². The fourth-order valence-electron chi connectivity index (χ4n) is 1.40. The molecule has 0 radical (unpaired) electrons. The number of thiophene rings is 1. The minimum absolute atomic E-state index is 0.281. The van der Waals surface area contributed by atoms with Gasteiger partial charge >= 0.3 is 0 Å². The fourth-order valence-corrected chi connectivity index (χ4v) is 4.45. The Kier molecular flexibility index (Phi) is 3.30. The van der Waals surface area contributed by atoms with Gasteiger partial charge in [-0.25, -0.2) is 8.42 Å². The molecule has 1 heterocycles. The summed E-state index contributed by atoms with van der Waals surface area (Å²) >= 11 is 7.04. The van der Waals surface area contributed by atoms with Crippen molar-refractivity contribution in [1.82, 2.24) is 0 Å². The van der Waals surface area contributed by atoms with Crippen LogP contribution in [0.5, 0.6) is 0 Å². The van der Waals surface area contributed by atoms with E-state index >= 15 is 0 Å². The summed E-state index contributed by atoms with van der Waals surface area (Å²) in [6.45, 7) is 3.83. The molecule has 0 bridgehead atoms. The predicted molar refractivity (Wildman–Crippen MR) is 70.7 cm³/mol. The average Bonchev–Trinajstić information content (AvgIpc) is 2.60. The van der Waals surface area contributed by atoms with E-state index in [0.717, 1.165) is 10.4 Å². The monoisotopic (exact) mass is 286 g/mol. The summed E-state index contributed by atoms with van der Waals surface area (Å²) in [5.41, 5.74) is 1.00. The molecule has 0 saturated carbocycles. The Morgan fingerprint density at radius 1 is 1.12 bits per heavy atom.